The van der Waals surface area contributed by atoms with Crippen molar-refractivity contribution in [3.05, 3.63) is 35.9 Å². The Balaban J connectivity index is 1.67. The Labute approximate surface area is 185 Å². The first-order chi connectivity index (χ1) is 14.1. The second-order valence-electron chi connectivity index (χ2n) is 8.78. The monoisotopic (exact) mass is 433 g/mol. The number of nitrogens with zero attached hydrogens (tertiary/aromatic N) is 3. The van der Waals surface area contributed by atoms with Crippen LogP contribution in [0.25, 0.3) is 0 Å². The smallest absolute Gasteiger partial charge is 0.242 e. The van der Waals surface area contributed by atoms with Gasteiger partial charge in [-0.05, 0) is 45.0 Å². The molecule has 1 aliphatic rings. The van der Waals surface area contributed by atoms with Crippen molar-refractivity contribution in [2.45, 2.75) is 32.7 Å². The zero-order valence-corrected chi connectivity index (χ0v) is 19.4. The van der Waals surface area contributed by atoms with Crippen molar-refractivity contribution < 1.29 is 9.59 Å². The van der Waals surface area contributed by atoms with Gasteiger partial charge in [0, 0.05) is 45.3 Å². The van der Waals surface area contributed by atoms with Crippen LogP contribution in [0.3, 0.4) is 0 Å². The molecule has 0 unspecified atom stereocenters. The summed E-state index contributed by atoms with van der Waals surface area (Å²) in [5.74, 6) is 0.0810. The van der Waals surface area contributed by atoms with Gasteiger partial charge in [0.1, 0.15) is 0 Å². The van der Waals surface area contributed by atoms with E-state index >= 15 is 0 Å². The maximum Gasteiger partial charge on any atom is 0.242 e. The first-order valence-electron chi connectivity index (χ1n) is 10.5. The largest absolute Gasteiger partial charge is 0.362 e. The van der Waals surface area contributed by atoms with Crippen LogP contribution in [0.4, 0.5) is 0 Å². The van der Waals surface area contributed by atoms with E-state index in [0.29, 0.717) is 37.8 Å². The average molecular weight is 434 g/mol. The van der Waals surface area contributed by atoms with Gasteiger partial charge < -0.3 is 20.4 Å². The summed E-state index contributed by atoms with van der Waals surface area (Å²) in [5, 5.41) is 6.78. The van der Waals surface area contributed by atoms with Gasteiger partial charge in [-0.25, -0.2) is 0 Å². The summed E-state index contributed by atoms with van der Waals surface area (Å²) in [6.45, 7) is 9.93. The summed E-state index contributed by atoms with van der Waals surface area (Å²) in [5.41, 5.74) is 1.02. The van der Waals surface area contributed by atoms with Crippen molar-refractivity contribution in [2.75, 3.05) is 52.9 Å². The maximum absolute atomic E-state index is 12.6. The molecule has 0 spiro atoms. The van der Waals surface area contributed by atoms with Gasteiger partial charge in [-0.1, -0.05) is 30.3 Å². The number of rotatable bonds is 7. The van der Waals surface area contributed by atoms with E-state index in [2.05, 4.69) is 27.7 Å². The maximum atomic E-state index is 12.6. The van der Waals surface area contributed by atoms with Crippen LogP contribution < -0.4 is 10.6 Å². The molecule has 1 aromatic rings. The number of carbonyl (C=O) groups is 2. The zero-order chi connectivity index (χ0) is 22.1. The third kappa shape index (κ3) is 8.67. The molecular weight excluding hydrogens is 398 g/mol. The molecule has 30 heavy (non-hydrogen) atoms. The Bertz CT molecular complexity index is 712. The molecule has 1 fully saturated rings. The predicted molar refractivity (Wildman–Crippen MR) is 124 cm³/mol. The number of hydrogen-bond donors (Lipinski definition) is 2. The molecule has 2 N–H and O–H groups in total. The molecule has 166 valence electrons. The third-order valence-electron chi connectivity index (χ3n) is 4.86. The summed E-state index contributed by atoms with van der Waals surface area (Å²) < 4.78 is 0. The van der Waals surface area contributed by atoms with E-state index in [1.807, 2.05) is 50.9 Å². The van der Waals surface area contributed by atoms with E-state index in [4.69, 9.17) is 12.2 Å². The highest BCUT2D eigenvalue weighted by Gasteiger charge is 2.24. The van der Waals surface area contributed by atoms with Crippen molar-refractivity contribution in [3.8, 4) is 0 Å². The first-order valence-corrected chi connectivity index (χ1v) is 10.9. The van der Waals surface area contributed by atoms with Crippen LogP contribution in [0.1, 0.15) is 26.3 Å². The minimum absolute atomic E-state index is 0.0222. The lowest BCUT2D eigenvalue weighted by Gasteiger charge is -2.35. The first kappa shape index (κ1) is 24.1. The van der Waals surface area contributed by atoms with Crippen LogP contribution in [0.2, 0.25) is 0 Å². The fourth-order valence-corrected chi connectivity index (χ4v) is 3.45. The predicted octanol–water partition coefficient (Wildman–Crippen LogP) is 1.09. The molecule has 8 heteroatoms. The highest BCUT2D eigenvalue weighted by Crippen LogP contribution is 2.05. The van der Waals surface area contributed by atoms with Crippen LogP contribution in [-0.2, 0) is 16.0 Å². The lowest BCUT2D eigenvalue weighted by Crippen LogP contribution is -2.54. The average Bonchev–Trinajstić information content (AvgIpc) is 2.67. The summed E-state index contributed by atoms with van der Waals surface area (Å²) >= 11 is 5.41. The van der Waals surface area contributed by atoms with E-state index in [9.17, 15) is 9.59 Å². The van der Waals surface area contributed by atoms with Gasteiger partial charge in [-0.2, -0.15) is 0 Å². The Hall–Kier alpha value is -2.19. The summed E-state index contributed by atoms with van der Waals surface area (Å²) in [6.07, 6.45) is 0.882. The van der Waals surface area contributed by atoms with Gasteiger partial charge >= 0.3 is 0 Å². The van der Waals surface area contributed by atoms with Gasteiger partial charge in [-0.15, -0.1) is 0 Å². The Kier molecular flexibility index (Phi) is 9.05. The van der Waals surface area contributed by atoms with Crippen molar-refractivity contribution in [2.24, 2.45) is 0 Å². The van der Waals surface area contributed by atoms with Gasteiger partial charge in [0.05, 0.1) is 13.1 Å². The van der Waals surface area contributed by atoms with E-state index in [1.54, 1.807) is 4.90 Å². The normalized spacial score (nSPS) is 14.9. The second kappa shape index (κ2) is 11.3. The summed E-state index contributed by atoms with van der Waals surface area (Å²) in [4.78, 5) is 30.4. The van der Waals surface area contributed by atoms with Crippen LogP contribution in [-0.4, -0.2) is 90.0 Å². The molecule has 1 aromatic carbocycles. The molecule has 0 atom stereocenters. The number of carbonyl (C=O) groups excluding carboxylic acids is 2. The third-order valence-corrected chi connectivity index (χ3v) is 5.31. The lowest BCUT2D eigenvalue weighted by atomic mass is 10.1. The summed E-state index contributed by atoms with van der Waals surface area (Å²) in [6, 6.07) is 10.2. The van der Waals surface area contributed by atoms with E-state index in [-0.39, 0.29) is 23.9 Å². The van der Waals surface area contributed by atoms with Crippen molar-refractivity contribution in [3.63, 3.8) is 0 Å². The molecule has 2 rings (SSSR count). The lowest BCUT2D eigenvalue weighted by molar-refractivity contribution is -0.133. The summed E-state index contributed by atoms with van der Waals surface area (Å²) in [7, 11) is 1.84. The number of hydrogen-bond acceptors (Lipinski definition) is 4. The minimum Gasteiger partial charge on any atom is -0.362 e. The van der Waals surface area contributed by atoms with Gasteiger partial charge in [0.2, 0.25) is 11.8 Å². The van der Waals surface area contributed by atoms with Crippen molar-refractivity contribution in [1.29, 1.82) is 0 Å². The molecule has 0 radical (unpaired) electrons. The molecule has 0 aliphatic carbocycles. The Morgan fingerprint density at radius 3 is 2.33 bits per heavy atom. The quantitative estimate of drug-likeness (QED) is 0.628. The molecular formula is C22H35N5O2S. The molecule has 7 nitrogen and oxygen atoms in total. The molecule has 0 aromatic heterocycles. The minimum atomic E-state index is -0.229. The van der Waals surface area contributed by atoms with Crippen LogP contribution in [0.15, 0.2) is 30.3 Å². The second-order valence-corrected chi connectivity index (χ2v) is 9.17. The van der Waals surface area contributed by atoms with Gasteiger partial charge in [0.25, 0.3) is 0 Å². The van der Waals surface area contributed by atoms with Crippen LogP contribution in [0.5, 0.6) is 0 Å². The number of amides is 2. The Morgan fingerprint density at radius 2 is 1.73 bits per heavy atom. The van der Waals surface area contributed by atoms with Gasteiger partial charge in [-0.3, -0.25) is 14.5 Å². The highest BCUT2D eigenvalue weighted by molar-refractivity contribution is 7.80. The van der Waals surface area contributed by atoms with Crippen molar-refractivity contribution >= 4 is 29.1 Å². The fourth-order valence-electron chi connectivity index (χ4n) is 3.28. The number of benzene rings is 1. The number of piperazine rings is 1. The van der Waals surface area contributed by atoms with E-state index in [0.717, 1.165) is 13.0 Å². The number of thiocarbonyl (C=S) groups is 1. The zero-order valence-electron chi connectivity index (χ0n) is 18.6. The molecule has 2 amide bonds. The number of nitrogens with one attached hydrogen (secondary N) is 2. The molecule has 1 aliphatic heterocycles. The molecule has 0 bridgehead atoms. The SMILES string of the molecule is CN(CC(=O)N1CCN(CC(=O)NC(C)(C)C)CC1)C(=S)NCCc1ccccc1. The molecule has 0 saturated carbocycles. The molecule has 1 heterocycles. The van der Waals surface area contributed by atoms with Gasteiger partial charge in [0.15, 0.2) is 5.11 Å². The topological polar surface area (TPSA) is 67.9 Å². The Morgan fingerprint density at radius 1 is 1.10 bits per heavy atom. The van der Waals surface area contributed by atoms with E-state index < -0.39 is 0 Å². The number of likely N-dealkylation sites (N-methyl/N-ethyl adjacent to an activating group) is 1. The van der Waals surface area contributed by atoms with Crippen molar-refractivity contribution in [1.82, 2.24) is 25.3 Å². The van der Waals surface area contributed by atoms with E-state index in [1.165, 1.54) is 5.56 Å². The molecule has 1 saturated heterocycles. The van der Waals surface area contributed by atoms with Crippen LogP contribution >= 0.6 is 12.2 Å². The highest BCUT2D eigenvalue weighted by atomic mass is 32.1. The fraction of sp³-hybridized carbons (Fsp3) is 0.591. The van der Waals surface area contributed by atoms with Crippen LogP contribution in [0, 0.1) is 0 Å². The standard InChI is InChI=1S/C22H35N5O2S/c1-22(2,3)24-19(28)16-26-12-14-27(15-13-26)20(29)17-25(4)21(30)23-11-10-18-8-6-5-7-9-18/h5-9H,10-17H2,1-4H3,(H,23,30)(H,24,28).